The van der Waals surface area contributed by atoms with Gasteiger partial charge in [0.2, 0.25) is 5.91 Å². The maximum atomic E-state index is 13.4. The first-order valence-corrected chi connectivity index (χ1v) is 7.70. The molecule has 0 saturated heterocycles. The van der Waals surface area contributed by atoms with Crippen LogP contribution in [0, 0.1) is 5.82 Å². The van der Waals surface area contributed by atoms with Gasteiger partial charge in [-0.05, 0) is 42.8 Å². The molecule has 6 nitrogen and oxygen atoms in total. The van der Waals surface area contributed by atoms with Crippen LogP contribution in [-0.2, 0) is 4.79 Å². The van der Waals surface area contributed by atoms with Gasteiger partial charge in [0.1, 0.15) is 17.3 Å². The number of benzene rings is 2. The summed E-state index contributed by atoms with van der Waals surface area (Å²) in [6.45, 7) is 0.348. The van der Waals surface area contributed by atoms with E-state index in [1.54, 1.807) is 31.4 Å². The number of carbonyl (C=O) groups excluding carboxylic acids is 2. The zero-order valence-electron chi connectivity index (χ0n) is 13.8. The van der Waals surface area contributed by atoms with Gasteiger partial charge in [0.05, 0.1) is 19.3 Å². The van der Waals surface area contributed by atoms with E-state index in [9.17, 15) is 14.0 Å². The number of ether oxygens (including phenoxy) is 2. The van der Waals surface area contributed by atoms with Gasteiger partial charge in [-0.2, -0.15) is 0 Å². The monoisotopic (exact) mass is 346 g/mol. The second-order valence-corrected chi connectivity index (χ2v) is 5.11. The van der Waals surface area contributed by atoms with Gasteiger partial charge in [-0.1, -0.05) is 12.1 Å². The van der Waals surface area contributed by atoms with E-state index >= 15 is 0 Å². The molecule has 0 bridgehead atoms. The van der Waals surface area contributed by atoms with Crippen LogP contribution in [0.1, 0.15) is 23.2 Å². The van der Waals surface area contributed by atoms with Gasteiger partial charge in [-0.3, -0.25) is 20.4 Å². The third-order valence-electron chi connectivity index (χ3n) is 3.31. The summed E-state index contributed by atoms with van der Waals surface area (Å²) in [6, 6.07) is 12.6. The Morgan fingerprint density at radius 2 is 1.68 bits per heavy atom. The van der Waals surface area contributed by atoms with Crippen molar-refractivity contribution in [2.45, 2.75) is 12.8 Å². The highest BCUT2D eigenvalue weighted by molar-refractivity contribution is 5.95. The summed E-state index contributed by atoms with van der Waals surface area (Å²) in [5.41, 5.74) is 4.29. The molecule has 0 spiro atoms. The molecule has 0 saturated carbocycles. The van der Waals surface area contributed by atoms with Crippen molar-refractivity contribution >= 4 is 11.8 Å². The van der Waals surface area contributed by atoms with E-state index in [2.05, 4.69) is 10.9 Å². The number of hydrogen-bond donors (Lipinski definition) is 2. The highest BCUT2D eigenvalue weighted by atomic mass is 19.1. The molecule has 2 N–H and O–H groups in total. The SMILES string of the molecule is COc1ccc(OCCCC(=O)NNC(=O)c2ccccc2F)cc1. The van der Waals surface area contributed by atoms with Crippen LogP contribution in [0.15, 0.2) is 48.5 Å². The quantitative estimate of drug-likeness (QED) is 0.596. The Balaban J connectivity index is 1.65. The minimum Gasteiger partial charge on any atom is -0.497 e. The van der Waals surface area contributed by atoms with E-state index < -0.39 is 11.7 Å². The maximum absolute atomic E-state index is 13.4. The number of halogens is 1. The average molecular weight is 346 g/mol. The van der Waals surface area contributed by atoms with Crippen LogP contribution in [0.25, 0.3) is 0 Å². The molecule has 2 aromatic carbocycles. The van der Waals surface area contributed by atoms with Crippen LogP contribution >= 0.6 is 0 Å². The number of hydrogen-bond acceptors (Lipinski definition) is 4. The lowest BCUT2D eigenvalue weighted by Gasteiger charge is -2.09. The van der Waals surface area contributed by atoms with Crippen LogP contribution in [0.5, 0.6) is 11.5 Å². The Morgan fingerprint density at radius 3 is 2.36 bits per heavy atom. The molecule has 0 aliphatic carbocycles. The minimum atomic E-state index is -0.707. The molecule has 0 aromatic heterocycles. The third-order valence-corrected chi connectivity index (χ3v) is 3.31. The van der Waals surface area contributed by atoms with Crippen LogP contribution < -0.4 is 20.3 Å². The molecular weight excluding hydrogens is 327 g/mol. The van der Waals surface area contributed by atoms with Crippen LogP contribution in [0.4, 0.5) is 4.39 Å². The lowest BCUT2D eigenvalue weighted by molar-refractivity contribution is -0.122. The van der Waals surface area contributed by atoms with Crippen molar-refractivity contribution in [2.24, 2.45) is 0 Å². The largest absolute Gasteiger partial charge is 0.497 e. The Kier molecular flexibility index (Phi) is 6.76. The molecule has 0 aliphatic heterocycles. The predicted molar refractivity (Wildman–Crippen MR) is 89.7 cm³/mol. The van der Waals surface area contributed by atoms with Gasteiger partial charge < -0.3 is 9.47 Å². The fourth-order valence-electron chi connectivity index (χ4n) is 2.00. The summed E-state index contributed by atoms with van der Waals surface area (Å²) in [5.74, 6) is -0.336. The molecule has 2 rings (SSSR count). The molecule has 0 unspecified atom stereocenters. The van der Waals surface area contributed by atoms with Crippen molar-refractivity contribution in [3.8, 4) is 11.5 Å². The summed E-state index contributed by atoms with van der Waals surface area (Å²) in [6.07, 6.45) is 0.626. The molecule has 0 aliphatic rings. The molecular formula is C18H19FN2O4. The van der Waals surface area contributed by atoms with Gasteiger partial charge in [0.15, 0.2) is 0 Å². The average Bonchev–Trinajstić information content (AvgIpc) is 2.64. The lowest BCUT2D eigenvalue weighted by Crippen LogP contribution is -2.41. The summed E-state index contributed by atoms with van der Waals surface area (Å²) in [7, 11) is 1.58. The standard InChI is InChI=1S/C18H19FN2O4/c1-24-13-8-10-14(11-9-13)25-12-4-7-17(22)20-21-18(23)15-5-2-3-6-16(15)19/h2-3,5-6,8-11H,4,7,12H2,1H3,(H,20,22)(H,21,23). The molecule has 7 heteroatoms. The zero-order chi connectivity index (χ0) is 18.1. The fourth-order valence-corrected chi connectivity index (χ4v) is 2.00. The second kappa shape index (κ2) is 9.27. The second-order valence-electron chi connectivity index (χ2n) is 5.11. The number of amides is 2. The Labute approximate surface area is 144 Å². The van der Waals surface area contributed by atoms with E-state index in [-0.39, 0.29) is 17.9 Å². The first kappa shape index (κ1) is 18.3. The number of nitrogens with one attached hydrogen (secondary N) is 2. The van der Waals surface area contributed by atoms with Crippen molar-refractivity contribution in [2.75, 3.05) is 13.7 Å². The molecule has 2 amide bonds. The van der Waals surface area contributed by atoms with Crippen molar-refractivity contribution in [1.82, 2.24) is 10.9 Å². The van der Waals surface area contributed by atoms with Crippen molar-refractivity contribution in [1.29, 1.82) is 0 Å². The van der Waals surface area contributed by atoms with Gasteiger partial charge in [-0.25, -0.2) is 4.39 Å². The Morgan fingerprint density at radius 1 is 1.00 bits per heavy atom. The van der Waals surface area contributed by atoms with Crippen LogP contribution in [-0.4, -0.2) is 25.5 Å². The van der Waals surface area contributed by atoms with E-state index in [1.165, 1.54) is 24.3 Å². The summed E-state index contributed by atoms with van der Waals surface area (Å²) < 4.78 is 24.0. The number of methoxy groups -OCH3 is 1. The molecule has 0 heterocycles. The van der Waals surface area contributed by atoms with Gasteiger partial charge in [0.25, 0.3) is 5.91 Å². The zero-order valence-corrected chi connectivity index (χ0v) is 13.8. The van der Waals surface area contributed by atoms with Crippen LogP contribution in [0.2, 0.25) is 0 Å². The third kappa shape index (κ3) is 5.80. The predicted octanol–water partition coefficient (Wildman–Crippen LogP) is 2.45. The maximum Gasteiger partial charge on any atom is 0.272 e. The van der Waals surface area contributed by atoms with Gasteiger partial charge >= 0.3 is 0 Å². The van der Waals surface area contributed by atoms with Crippen molar-refractivity contribution in [3.05, 3.63) is 59.9 Å². The molecule has 2 aromatic rings. The van der Waals surface area contributed by atoms with E-state index in [0.717, 1.165) is 5.75 Å². The van der Waals surface area contributed by atoms with Crippen molar-refractivity contribution < 1.29 is 23.5 Å². The normalized spacial score (nSPS) is 10.0. The Bertz CT molecular complexity index is 719. The molecule has 132 valence electrons. The summed E-state index contributed by atoms with van der Waals surface area (Å²) in [4.78, 5) is 23.4. The first-order valence-electron chi connectivity index (χ1n) is 7.70. The minimum absolute atomic E-state index is 0.134. The molecule has 0 atom stereocenters. The number of rotatable bonds is 7. The van der Waals surface area contributed by atoms with E-state index in [0.29, 0.717) is 18.8 Å². The number of hydrazine groups is 1. The molecule has 25 heavy (non-hydrogen) atoms. The Hall–Kier alpha value is -3.09. The van der Waals surface area contributed by atoms with Gasteiger partial charge in [-0.15, -0.1) is 0 Å². The van der Waals surface area contributed by atoms with Crippen molar-refractivity contribution in [3.63, 3.8) is 0 Å². The highest BCUT2D eigenvalue weighted by Crippen LogP contribution is 2.17. The fraction of sp³-hybridized carbons (Fsp3) is 0.222. The van der Waals surface area contributed by atoms with E-state index in [4.69, 9.17) is 9.47 Å². The highest BCUT2D eigenvalue weighted by Gasteiger charge is 2.11. The number of carbonyl (C=O) groups is 2. The summed E-state index contributed by atoms with van der Waals surface area (Å²) in [5, 5.41) is 0. The lowest BCUT2D eigenvalue weighted by atomic mass is 10.2. The summed E-state index contributed by atoms with van der Waals surface area (Å²) >= 11 is 0. The topological polar surface area (TPSA) is 76.7 Å². The molecule has 0 fully saturated rings. The van der Waals surface area contributed by atoms with Gasteiger partial charge in [0, 0.05) is 6.42 Å². The van der Waals surface area contributed by atoms with E-state index in [1.807, 2.05) is 0 Å². The molecule has 0 radical (unpaired) electrons. The smallest absolute Gasteiger partial charge is 0.272 e. The first-order chi connectivity index (χ1) is 12.1. The van der Waals surface area contributed by atoms with Crippen LogP contribution in [0.3, 0.4) is 0 Å².